The van der Waals surface area contributed by atoms with Gasteiger partial charge >= 0.3 is 0 Å². The third-order valence-corrected chi connectivity index (χ3v) is 6.21. The number of aryl methyl sites for hydroxylation is 3. The van der Waals surface area contributed by atoms with E-state index in [1.807, 2.05) is 0 Å². The molecule has 0 aliphatic rings. The Morgan fingerprint density at radius 1 is 1.29 bits per heavy atom. The van der Waals surface area contributed by atoms with Gasteiger partial charge in [0, 0.05) is 30.4 Å². The lowest BCUT2D eigenvalue weighted by molar-refractivity contribution is 0.0996. The molecular formula is C20H24N8O2S. The summed E-state index contributed by atoms with van der Waals surface area (Å²) in [6, 6.07) is 1.61. The first kappa shape index (κ1) is 20.9. The van der Waals surface area contributed by atoms with Crippen molar-refractivity contribution >= 4 is 28.1 Å². The van der Waals surface area contributed by atoms with Crippen LogP contribution in [0.25, 0.3) is 33.0 Å². The number of hydrogen-bond acceptors (Lipinski definition) is 8. The molecular weight excluding hydrogens is 416 g/mol. The minimum Gasteiger partial charge on any atom is -0.504 e. The first-order valence-corrected chi connectivity index (χ1v) is 10.8. The number of carbonyl (C=O) groups is 1. The second-order valence-electron chi connectivity index (χ2n) is 7.28. The average Bonchev–Trinajstić information content (AvgIpc) is 3.42. The largest absolute Gasteiger partial charge is 0.504 e. The zero-order valence-electron chi connectivity index (χ0n) is 17.6. The number of primary amides is 1. The molecule has 162 valence electrons. The summed E-state index contributed by atoms with van der Waals surface area (Å²) in [7, 11) is 1.78. The monoisotopic (exact) mass is 440 g/mol. The van der Waals surface area contributed by atoms with Crippen LogP contribution in [0.1, 0.15) is 40.8 Å². The number of nitrogens with zero attached hydrogens (tertiary/aromatic N) is 6. The number of amides is 1. The molecule has 31 heavy (non-hydrogen) atoms. The van der Waals surface area contributed by atoms with Crippen molar-refractivity contribution in [3.05, 3.63) is 28.5 Å². The Morgan fingerprint density at radius 2 is 2.06 bits per heavy atom. The number of pyridine rings is 1. The van der Waals surface area contributed by atoms with Crippen LogP contribution in [0.3, 0.4) is 0 Å². The Bertz CT molecular complexity index is 1290. The summed E-state index contributed by atoms with van der Waals surface area (Å²) >= 11 is 1.37. The van der Waals surface area contributed by atoms with Gasteiger partial charge in [0.1, 0.15) is 33.5 Å². The maximum Gasteiger partial charge on any atom is 0.267 e. The van der Waals surface area contributed by atoms with Crippen molar-refractivity contribution in [3.63, 3.8) is 0 Å². The molecule has 0 saturated carbocycles. The van der Waals surface area contributed by atoms with Crippen LogP contribution in [0.15, 0.2) is 12.3 Å². The van der Waals surface area contributed by atoms with Gasteiger partial charge in [-0.25, -0.2) is 9.97 Å². The van der Waals surface area contributed by atoms with E-state index in [1.165, 1.54) is 11.3 Å². The predicted molar refractivity (Wildman–Crippen MR) is 119 cm³/mol. The number of hydrogen-bond donors (Lipinski definition) is 3. The molecule has 4 aromatic rings. The minimum atomic E-state index is -0.639. The molecule has 10 nitrogen and oxygen atoms in total. The Morgan fingerprint density at radius 3 is 2.74 bits per heavy atom. The molecule has 0 aromatic carbocycles. The van der Waals surface area contributed by atoms with Crippen molar-refractivity contribution in [2.75, 3.05) is 0 Å². The third kappa shape index (κ3) is 3.55. The van der Waals surface area contributed by atoms with Gasteiger partial charge in [-0.2, -0.15) is 10.2 Å². The minimum absolute atomic E-state index is 0.102. The van der Waals surface area contributed by atoms with Gasteiger partial charge in [0.05, 0.1) is 11.7 Å². The molecule has 11 heteroatoms. The zero-order valence-corrected chi connectivity index (χ0v) is 18.4. The fourth-order valence-electron chi connectivity index (χ4n) is 3.48. The van der Waals surface area contributed by atoms with Crippen LogP contribution in [0.5, 0.6) is 5.75 Å². The maximum absolute atomic E-state index is 11.9. The van der Waals surface area contributed by atoms with Crippen LogP contribution < -0.4 is 11.5 Å². The molecule has 0 aliphatic carbocycles. The lowest BCUT2D eigenvalue weighted by atomic mass is 10.1. The standard InChI is InChI=1S/C20H24N8O2S/c1-4-5-6-28-17(18(29)10(2)26-28)20-25-16(14(8-21)31-20)15-11-9-23-27(3)13(11)7-12(24-15)19(22)30/h7,9,29H,4-6,8,21H2,1-3H3,(H2,22,30). The lowest BCUT2D eigenvalue weighted by Crippen LogP contribution is -2.14. The summed E-state index contributed by atoms with van der Waals surface area (Å²) in [6.07, 6.45) is 3.60. The molecule has 1 amide bonds. The molecule has 0 fully saturated rings. The van der Waals surface area contributed by atoms with Gasteiger partial charge in [-0.3, -0.25) is 14.2 Å². The van der Waals surface area contributed by atoms with Crippen LogP contribution in [0.4, 0.5) is 0 Å². The van der Waals surface area contributed by atoms with Gasteiger partial charge < -0.3 is 16.6 Å². The normalized spacial score (nSPS) is 11.5. The van der Waals surface area contributed by atoms with Gasteiger partial charge in [0.15, 0.2) is 5.75 Å². The predicted octanol–water partition coefficient (Wildman–Crippen LogP) is 2.33. The summed E-state index contributed by atoms with van der Waals surface area (Å²) in [5.74, 6) is -0.537. The third-order valence-electron chi connectivity index (χ3n) is 5.13. The Hall–Kier alpha value is -3.31. The van der Waals surface area contributed by atoms with Gasteiger partial charge in [-0.05, 0) is 19.4 Å². The van der Waals surface area contributed by atoms with Gasteiger partial charge in [0.2, 0.25) is 0 Å². The summed E-state index contributed by atoms with van der Waals surface area (Å²) in [5, 5.41) is 20.7. The number of thiazole rings is 1. The second kappa shape index (κ2) is 8.08. The van der Waals surface area contributed by atoms with Crippen molar-refractivity contribution in [2.24, 2.45) is 18.5 Å². The topological polar surface area (TPSA) is 151 Å². The molecule has 0 atom stereocenters. The molecule has 0 saturated heterocycles. The summed E-state index contributed by atoms with van der Waals surface area (Å²) in [5.41, 5.74) is 14.5. The number of unbranched alkanes of at least 4 members (excludes halogenated alkanes) is 1. The van der Waals surface area contributed by atoms with Crippen LogP contribution in [-0.2, 0) is 20.1 Å². The first-order valence-electron chi connectivity index (χ1n) is 9.95. The molecule has 4 rings (SSSR count). The first-order chi connectivity index (χ1) is 14.8. The van der Waals surface area contributed by atoms with Crippen molar-refractivity contribution in [1.82, 2.24) is 29.5 Å². The molecule has 0 unspecified atom stereocenters. The van der Waals surface area contributed by atoms with Crippen LogP contribution in [0, 0.1) is 6.92 Å². The number of aromatic hydroxyl groups is 1. The van der Waals surface area contributed by atoms with E-state index in [0.717, 1.165) is 23.1 Å². The molecule has 0 bridgehead atoms. The van der Waals surface area contributed by atoms with Gasteiger partial charge in [0.25, 0.3) is 5.91 Å². The van der Waals surface area contributed by atoms with E-state index in [4.69, 9.17) is 16.5 Å². The number of nitrogens with two attached hydrogens (primary N) is 2. The van der Waals surface area contributed by atoms with Crippen molar-refractivity contribution in [2.45, 2.75) is 39.8 Å². The highest BCUT2D eigenvalue weighted by Gasteiger charge is 2.24. The number of carbonyl (C=O) groups excluding carboxylic acids is 1. The number of aromatic nitrogens is 6. The van der Waals surface area contributed by atoms with Crippen LogP contribution >= 0.6 is 11.3 Å². The van der Waals surface area contributed by atoms with Crippen LogP contribution in [-0.4, -0.2) is 40.5 Å². The fraction of sp³-hybridized carbons (Fsp3) is 0.350. The van der Waals surface area contributed by atoms with E-state index in [2.05, 4.69) is 22.1 Å². The van der Waals surface area contributed by atoms with E-state index < -0.39 is 5.91 Å². The lowest BCUT2D eigenvalue weighted by Gasteiger charge is -2.05. The smallest absolute Gasteiger partial charge is 0.267 e. The molecule has 4 heterocycles. The summed E-state index contributed by atoms with van der Waals surface area (Å²) in [4.78, 5) is 21.9. The van der Waals surface area contributed by atoms with Crippen molar-refractivity contribution < 1.29 is 9.90 Å². The van der Waals surface area contributed by atoms with E-state index in [-0.39, 0.29) is 18.0 Å². The SMILES string of the molecule is CCCCn1nc(C)c(O)c1-c1nc(-c2nc(C(N)=O)cc3c2cnn3C)c(CN)s1. The van der Waals surface area contributed by atoms with Gasteiger partial charge in [-0.1, -0.05) is 13.3 Å². The summed E-state index contributed by atoms with van der Waals surface area (Å²) in [6.45, 7) is 4.75. The Balaban J connectivity index is 1.94. The molecule has 0 radical (unpaired) electrons. The van der Waals surface area contributed by atoms with E-state index >= 15 is 0 Å². The zero-order chi connectivity index (χ0) is 22.3. The highest BCUT2D eigenvalue weighted by Crippen LogP contribution is 2.40. The molecule has 5 N–H and O–H groups in total. The van der Waals surface area contributed by atoms with E-state index in [0.29, 0.717) is 39.8 Å². The highest BCUT2D eigenvalue weighted by atomic mass is 32.1. The molecule has 0 spiro atoms. The van der Waals surface area contributed by atoms with Crippen LogP contribution in [0.2, 0.25) is 0 Å². The quantitative estimate of drug-likeness (QED) is 0.399. The van der Waals surface area contributed by atoms with E-state index in [1.54, 1.807) is 35.6 Å². The summed E-state index contributed by atoms with van der Waals surface area (Å²) < 4.78 is 3.43. The number of fused-ring (bicyclic) bond motifs is 1. The van der Waals surface area contributed by atoms with Crippen molar-refractivity contribution in [1.29, 1.82) is 0 Å². The van der Waals surface area contributed by atoms with E-state index in [9.17, 15) is 9.90 Å². The Labute approximate surface area is 182 Å². The average molecular weight is 441 g/mol. The molecule has 4 aromatic heterocycles. The Kier molecular flexibility index (Phi) is 5.46. The maximum atomic E-state index is 11.9. The van der Waals surface area contributed by atoms with Crippen molar-refractivity contribution in [3.8, 4) is 27.8 Å². The second-order valence-corrected chi connectivity index (χ2v) is 8.36. The highest BCUT2D eigenvalue weighted by molar-refractivity contribution is 7.15. The number of rotatable bonds is 7. The van der Waals surface area contributed by atoms with Gasteiger partial charge in [-0.15, -0.1) is 11.3 Å². The fourth-order valence-corrected chi connectivity index (χ4v) is 4.47. The molecule has 0 aliphatic heterocycles.